The number of piperidine rings is 1. The van der Waals surface area contributed by atoms with Crippen LogP contribution < -0.4 is 0 Å². The molecule has 5 rings (SSSR count). The molecular formula is C33H33F2N3O4. The average Bonchev–Trinajstić information content (AvgIpc) is 3.30. The van der Waals surface area contributed by atoms with Crippen LogP contribution in [0.1, 0.15) is 63.1 Å². The number of aliphatic imine (C=N–C) groups is 1. The number of alkyl halides is 2. The van der Waals surface area contributed by atoms with Crippen molar-refractivity contribution in [3.63, 3.8) is 0 Å². The van der Waals surface area contributed by atoms with Crippen LogP contribution in [0.25, 0.3) is 10.9 Å². The predicted octanol–water partition coefficient (Wildman–Crippen LogP) is 6.83. The Morgan fingerprint density at radius 1 is 1.02 bits per heavy atom. The Balaban J connectivity index is 1.38. The average molecular weight is 574 g/mol. The molecule has 9 heteroatoms. The number of hydrogen-bond donors (Lipinski definition) is 2. The molecule has 0 saturated carbocycles. The van der Waals surface area contributed by atoms with Crippen LogP contribution in [0.15, 0.2) is 71.7 Å². The number of fused-ring (bicyclic) bond motifs is 1. The summed E-state index contributed by atoms with van der Waals surface area (Å²) in [6, 6.07) is 19.9. The van der Waals surface area contributed by atoms with Crippen LogP contribution in [0.4, 0.5) is 14.5 Å². The second-order valence-corrected chi connectivity index (χ2v) is 10.7. The van der Waals surface area contributed by atoms with E-state index in [-0.39, 0.29) is 24.5 Å². The van der Waals surface area contributed by atoms with Gasteiger partial charge in [0.05, 0.1) is 29.6 Å². The zero-order valence-corrected chi connectivity index (χ0v) is 23.6. The molecule has 1 aliphatic rings. The topological polar surface area (TPSA) is 95.0 Å². The van der Waals surface area contributed by atoms with Crippen molar-refractivity contribution in [3.05, 3.63) is 94.5 Å². The number of carbonyl (C=O) groups is 2. The Kier molecular flexibility index (Phi) is 8.49. The van der Waals surface area contributed by atoms with E-state index in [0.717, 1.165) is 5.56 Å². The van der Waals surface area contributed by atoms with Crippen molar-refractivity contribution in [2.24, 2.45) is 4.99 Å². The Bertz CT molecular complexity index is 1620. The van der Waals surface area contributed by atoms with Gasteiger partial charge in [-0.2, -0.15) is 0 Å². The van der Waals surface area contributed by atoms with Gasteiger partial charge in [-0.25, -0.2) is 18.6 Å². The number of H-pyrrole nitrogens is 1. The van der Waals surface area contributed by atoms with Crippen molar-refractivity contribution in [1.82, 2.24) is 9.88 Å². The fraction of sp³-hybridized carbons (Fsp3) is 0.303. The van der Waals surface area contributed by atoms with Crippen molar-refractivity contribution in [2.45, 2.75) is 38.5 Å². The lowest BCUT2D eigenvalue weighted by Gasteiger charge is -2.31. The van der Waals surface area contributed by atoms with Gasteiger partial charge >= 0.3 is 5.97 Å². The molecule has 3 aromatic carbocycles. The summed E-state index contributed by atoms with van der Waals surface area (Å²) >= 11 is 0. The maximum Gasteiger partial charge on any atom is 0.338 e. The van der Waals surface area contributed by atoms with Crippen molar-refractivity contribution < 1.29 is 28.2 Å². The number of aromatic nitrogens is 1. The third kappa shape index (κ3) is 6.41. The number of rotatable bonds is 9. The van der Waals surface area contributed by atoms with E-state index >= 15 is 0 Å². The normalized spacial score (nSPS) is 15.6. The van der Waals surface area contributed by atoms with Gasteiger partial charge in [0.15, 0.2) is 11.7 Å². The third-order valence-corrected chi connectivity index (χ3v) is 7.71. The molecule has 0 aliphatic carbocycles. The zero-order chi connectivity index (χ0) is 29.9. The fourth-order valence-corrected chi connectivity index (χ4v) is 5.33. The standard InChI is InChI=1S/C33H33F2N3O4/c1-21-19-26-27(20-25(21)32(41)42-2)37-31(40)29(26)30(23-7-4-3-5-8-23)36-24-12-10-22(11-13-24)28(39)9-6-16-38-17-14-33(34,35)15-18-38/h3-5,7-8,10-13,19-20,37,40H,6,9,14-18H2,1-2H3. The summed E-state index contributed by atoms with van der Waals surface area (Å²) in [5.41, 5.74) is 4.60. The number of methoxy groups -OCH3 is 1. The molecule has 1 aliphatic heterocycles. The van der Waals surface area contributed by atoms with Gasteiger partial charge in [0.2, 0.25) is 0 Å². The van der Waals surface area contributed by atoms with Crippen LogP contribution in [0.5, 0.6) is 5.88 Å². The highest BCUT2D eigenvalue weighted by atomic mass is 19.3. The highest BCUT2D eigenvalue weighted by molar-refractivity contribution is 6.22. The molecule has 1 aromatic heterocycles. The minimum absolute atomic E-state index is 0.0117. The molecule has 7 nitrogen and oxygen atoms in total. The Hall–Kier alpha value is -4.37. The Morgan fingerprint density at radius 3 is 2.38 bits per heavy atom. The monoisotopic (exact) mass is 573 g/mol. The quantitative estimate of drug-likeness (QED) is 0.130. The summed E-state index contributed by atoms with van der Waals surface area (Å²) in [6.45, 7) is 3.14. The molecular weight excluding hydrogens is 540 g/mol. The van der Waals surface area contributed by atoms with Crippen LogP contribution in [-0.2, 0) is 4.74 Å². The smallest absolute Gasteiger partial charge is 0.338 e. The van der Waals surface area contributed by atoms with E-state index in [1.807, 2.05) is 41.3 Å². The number of likely N-dealkylation sites (tertiary alicyclic amines) is 1. The van der Waals surface area contributed by atoms with E-state index in [9.17, 15) is 23.5 Å². The molecule has 0 bridgehead atoms. The molecule has 0 radical (unpaired) electrons. The SMILES string of the molecule is COC(=O)c1cc2[nH]c(O)c(C(=Nc3ccc(C(=O)CCCN4CCC(F)(F)CC4)cc3)c3ccccc3)c2cc1C. The summed E-state index contributed by atoms with van der Waals surface area (Å²) in [5.74, 6) is -3.13. The lowest BCUT2D eigenvalue weighted by Crippen LogP contribution is -2.39. The summed E-state index contributed by atoms with van der Waals surface area (Å²) in [5, 5.41) is 11.7. The lowest BCUT2D eigenvalue weighted by atomic mass is 9.98. The van der Waals surface area contributed by atoms with Crippen LogP contribution in [0.2, 0.25) is 0 Å². The number of ether oxygens (including phenoxy) is 1. The first-order chi connectivity index (χ1) is 20.1. The molecule has 4 aromatic rings. The number of halogens is 2. The third-order valence-electron chi connectivity index (χ3n) is 7.71. The van der Waals surface area contributed by atoms with Gasteiger partial charge < -0.3 is 19.7 Å². The first kappa shape index (κ1) is 29.1. The number of nitrogens with zero attached hydrogens (tertiary/aromatic N) is 2. The number of aromatic hydroxyl groups is 1. The highest BCUT2D eigenvalue weighted by Crippen LogP contribution is 2.33. The first-order valence-electron chi connectivity index (χ1n) is 14.0. The second kappa shape index (κ2) is 12.2. The maximum atomic E-state index is 13.4. The number of benzene rings is 3. The van der Waals surface area contributed by atoms with E-state index < -0.39 is 11.9 Å². The zero-order valence-electron chi connectivity index (χ0n) is 23.6. The summed E-state index contributed by atoms with van der Waals surface area (Å²) in [7, 11) is 1.32. The van der Waals surface area contributed by atoms with Gasteiger partial charge in [0.1, 0.15) is 0 Å². The number of aromatic amines is 1. The van der Waals surface area contributed by atoms with E-state index in [2.05, 4.69) is 4.98 Å². The van der Waals surface area contributed by atoms with Gasteiger partial charge in [-0.05, 0) is 61.9 Å². The minimum Gasteiger partial charge on any atom is -0.494 e. The number of esters is 1. The van der Waals surface area contributed by atoms with Crippen molar-refractivity contribution in [1.29, 1.82) is 0 Å². The lowest BCUT2D eigenvalue weighted by molar-refractivity contribution is -0.0551. The number of Topliss-reactive ketones (excluding diaryl/α,β-unsaturated/α-hetero) is 1. The molecule has 0 spiro atoms. The molecule has 0 atom stereocenters. The highest BCUT2D eigenvalue weighted by Gasteiger charge is 2.33. The number of hydrogen-bond acceptors (Lipinski definition) is 6. The Morgan fingerprint density at radius 2 is 1.71 bits per heavy atom. The molecule has 1 fully saturated rings. The van der Waals surface area contributed by atoms with E-state index in [1.54, 1.807) is 37.3 Å². The van der Waals surface area contributed by atoms with Crippen molar-refractivity contribution in [2.75, 3.05) is 26.7 Å². The van der Waals surface area contributed by atoms with Crippen LogP contribution in [0.3, 0.4) is 0 Å². The van der Waals surface area contributed by atoms with Gasteiger partial charge in [-0.1, -0.05) is 30.3 Å². The minimum atomic E-state index is -2.57. The fourth-order valence-electron chi connectivity index (χ4n) is 5.33. The molecule has 0 unspecified atom stereocenters. The molecule has 0 amide bonds. The first-order valence-corrected chi connectivity index (χ1v) is 14.0. The van der Waals surface area contributed by atoms with Crippen LogP contribution in [-0.4, -0.2) is 65.1 Å². The van der Waals surface area contributed by atoms with E-state index in [0.29, 0.717) is 77.0 Å². The number of ketones is 1. The summed E-state index contributed by atoms with van der Waals surface area (Å²) in [4.78, 5) is 34.9. The molecule has 1 saturated heterocycles. The molecule has 2 N–H and O–H groups in total. The molecule has 218 valence electrons. The molecule has 42 heavy (non-hydrogen) atoms. The predicted molar refractivity (Wildman–Crippen MR) is 158 cm³/mol. The second-order valence-electron chi connectivity index (χ2n) is 10.7. The van der Waals surface area contributed by atoms with Crippen LogP contribution in [0, 0.1) is 6.92 Å². The maximum absolute atomic E-state index is 13.4. The number of nitrogens with one attached hydrogen (secondary N) is 1. The number of aryl methyl sites for hydroxylation is 1. The summed E-state index contributed by atoms with van der Waals surface area (Å²) in [6.07, 6.45) is 0.691. The van der Waals surface area contributed by atoms with Crippen molar-refractivity contribution >= 4 is 34.1 Å². The van der Waals surface area contributed by atoms with Gasteiger partial charge in [-0.15, -0.1) is 0 Å². The Labute approximate surface area is 242 Å². The van der Waals surface area contributed by atoms with E-state index in [1.165, 1.54) is 7.11 Å². The summed E-state index contributed by atoms with van der Waals surface area (Å²) < 4.78 is 31.6. The van der Waals surface area contributed by atoms with E-state index in [4.69, 9.17) is 9.73 Å². The molecule has 2 heterocycles. The number of carbonyl (C=O) groups excluding carboxylic acids is 2. The van der Waals surface area contributed by atoms with Crippen LogP contribution >= 0.6 is 0 Å². The van der Waals surface area contributed by atoms with Crippen molar-refractivity contribution in [3.8, 4) is 5.88 Å². The van der Waals surface area contributed by atoms with Gasteiger partial charge in [0.25, 0.3) is 5.92 Å². The van der Waals surface area contributed by atoms with Gasteiger partial charge in [0, 0.05) is 54.4 Å². The van der Waals surface area contributed by atoms with Gasteiger partial charge in [-0.3, -0.25) is 4.79 Å². The largest absolute Gasteiger partial charge is 0.494 e.